The molecular weight excluding hydrogens is 462 g/mol. The molecule has 0 bridgehead atoms. The lowest BCUT2D eigenvalue weighted by atomic mass is 10.0. The topological polar surface area (TPSA) is 50.9 Å². The lowest BCUT2D eigenvalue weighted by molar-refractivity contribution is 0.415. The van der Waals surface area contributed by atoms with Crippen molar-refractivity contribution in [3.05, 3.63) is 88.1 Å². The molecule has 7 heteroatoms. The van der Waals surface area contributed by atoms with Crippen LogP contribution in [0.2, 0.25) is 0 Å². The number of benzene rings is 2. The predicted octanol–water partition coefficient (Wildman–Crippen LogP) is 6.53. The number of aromatic nitrogens is 1. The predicted molar refractivity (Wildman–Crippen MR) is 123 cm³/mol. The molecule has 1 atom stereocenters. The summed E-state index contributed by atoms with van der Waals surface area (Å²) in [6.07, 6.45) is 2.45. The van der Waals surface area contributed by atoms with Gasteiger partial charge >= 0.3 is 0 Å². The molecule has 1 aliphatic heterocycles. The van der Waals surface area contributed by atoms with Crippen LogP contribution in [0, 0.1) is 0 Å². The number of rotatable bonds is 5. The number of furan rings is 1. The first kappa shape index (κ1) is 19.1. The fraction of sp³-hybridized carbons (Fsp3) is 0.130. The van der Waals surface area contributed by atoms with E-state index in [1.807, 2.05) is 53.5 Å². The summed E-state index contributed by atoms with van der Waals surface area (Å²) in [5, 5.41) is 9.82. The van der Waals surface area contributed by atoms with Crippen LogP contribution < -0.4 is 9.75 Å². The van der Waals surface area contributed by atoms with Gasteiger partial charge in [-0.05, 0) is 54.1 Å². The maximum absolute atomic E-state index is 5.73. The number of thiazole rings is 1. The van der Waals surface area contributed by atoms with Crippen LogP contribution in [0.5, 0.6) is 5.75 Å². The molecule has 0 aliphatic carbocycles. The van der Waals surface area contributed by atoms with Crippen LogP contribution >= 0.6 is 27.3 Å². The van der Waals surface area contributed by atoms with E-state index in [1.165, 1.54) is 0 Å². The molecule has 5 rings (SSSR count). The van der Waals surface area contributed by atoms with Crippen molar-refractivity contribution < 1.29 is 9.15 Å². The van der Waals surface area contributed by atoms with Gasteiger partial charge in [0.25, 0.3) is 0 Å². The molecule has 0 fully saturated rings. The van der Waals surface area contributed by atoms with Crippen LogP contribution in [0.4, 0.5) is 5.13 Å². The van der Waals surface area contributed by atoms with Gasteiger partial charge in [0.2, 0.25) is 5.13 Å². The average Bonchev–Trinajstić information content (AvgIpc) is 3.54. The van der Waals surface area contributed by atoms with Gasteiger partial charge in [0.15, 0.2) is 0 Å². The molecular formula is C23H18BrN3O2S. The van der Waals surface area contributed by atoms with Crippen LogP contribution in [0.15, 0.2) is 86.3 Å². The van der Waals surface area contributed by atoms with E-state index >= 15 is 0 Å². The lowest BCUT2D eigenvalue weighted by Gasteiger charge is -2.18. The van der Waals surface area contributed by atoms with Gasteiger partial charge in [0, 0.05) is 21.8 Å². The number of ether oxygens (including phenoxy) is 1. The third kappa shape index (κ3) is 3.66. The largest absolute Gasteiger partial charge is 0.497 e. The van der Waals surface area contributed by atoms with E-state index in [0.29, 0.717) is 0 Å². The third-order valence-corrected chi connectivity index (χ3v) is 6.39. The number of hydrogen-bond acceptors (Lipinski definition) is 6. The number of anilines is 1. The van der Waals surface area contributed by atoms with Crippen LogP contribution in [0.25, 0.3) is 11.3 Å². The first-order valence-corrected chi connectivity index (χ1v) is 11.1. The second-order valence-electron chi connectivity index (χ2n) is 6.88. The van der Waals surface area contributed by atoms with Gasteiger partial charge in [-0.2, -0.15) is 5.10 Å². The Hall–Kier alpha value is -2.90. The van der Waals surface area contributed by atoms with E-state index in [9.17, 15) is 0 Å². The van der Waals surface area contributed by atoms with Crippen molar-refractivity contribution in [3.63, 3.8) is 0 Å². The van der Waals surface area contributed by atoms with Crippen molar-refractivity contribution in [1.29, 1.82) is 0 Å². The summed E-state index contributed by atoms with van der Waals surface area (Å²) in [5.41, 5.74) is 4.08. The van der Waals surface area contributed by atoms with Gasteiger partial charge in [-0.3, -0.25) is 0 Å². The summed E-state index contributed by atoms with van der Waals surface area (Å²) in [7, 11) is 1.67. The number of hydrazone groups is 1. The zero-order valence-electron chi connectivity index (χ0n) is 16.2. The molecule has 0 spiro atoms. The van der Waals surface area contributed by atoms with Crippen molar-refractivity contribution in [2.24, 2.45) is 5.10 Å². The Morgan fingerprint density at radius 3 is 2.53 bits per heavy atom. The number of nitrogens with zero attached hydrogens (tertiary/aromatic N) is 3. The van der Waals surface area contributed by atoms with E-state index in [1.54, 1.807) is 24.7 Å². The van der Waals surface area contributed by atoms with Gasteiger partial charge in [-0.25, -0.2) is 9.99 Å². The average molecular weight is 480 g/mol. The first-order chi connectivity index (χ1) is 14.7. The minimum absolute atomic E-state index is 0.0268. The van der Waals surface area contributed by atoms with Crippen molar-refractivity contribution in [3.8, 4) is 17.0 Å². The zero-order valence-corrected chi connectivity index (χ0v) is 18.6. The maximum atomic E-state index is 5.73. The van der Waals surface area contributed by atoms with Crippen LogP contribution in [0.3, 0.4) is 0 Å². The fourth-order valence-electron chi connectivity index (χ4n) is 3.47. The van der Waals surface area contributed by atoms with E-state index in [0.717, 1.165) is 50.1 Å². The molecule has 3 heterocycles. The number of hydrogen-bond donors (Lipinski definition) is 0. The van der Waals surface area contributed by atoms with E-state index < -0.39 is 0 Å². The monoisotopic (exact) mass is 479 g/mol. The first-order valence-electron chi connectivity index (χ1n) is 9.47. The Balaban J connectivity index is 1.50. The lowest BCUT2D eigenvalue weighted by Crippen LogP contribution is -2.17. The smallest absolute Gasteiger partial charge is 0.207 e. The quantitative estimate of drug-likeness (QED) is 0.326. The highest BCUT2D eigenvalue weighted by Crippen LogP contribution is 2.39. The summed E-state index contributed by atoms with van der Waals surface area (Å²) in [4.78, 5) is 4.87. The standard InChI is InChI=1S/C23H18BrN3O2S/c1-28-18-10-6-15(7-11-18)19-13-21(22-3-2-12-29-22)27(26-19)23-25-20(14-30-23)16-4-8-17(24)9-5-16/h2-12,14,21H,13H2,1H3. The molecule has 0 saturated heterocycles. The fourth-order valence-corrected chi connectivity index (χ4v) is 4.57. The van der Waals surface area contributed by atoms with Gasteiger partial charge in [0.1, 0.15) is 17.6 Å². The van der Waals surface area contributed by atoms with Crippen LogP contribution in [-0.2, 0) is 0 Å². The van der Waals surface area contributed by atoms with Crippen LogP contribution in [-0.4, -0.2) is 17.8 Å². The molecule has 2 aromatic heterocycles. The van der Waals surface area contributed by atoms with Crippen molar-refractivity contribution >= 4 is 38.1 Å². The molecule has 1 unspecified atom stereocenters. The second kappa shape index (κ2) is 8.08. The summed E-state index contributed by atoms with van der Waals surface area (Å²) >= 11 is 5.07. The summed E-state index contributed by atoms with van der Waals surface area (Å²) in [6, 6.07) is 20.0. The molecule has 0 saturated carbocycles. The Morgan fingerprint density at radius 1 is 1.07 bits per heavy atom. The Morgan fingerprint density at radius 2 is 1.83 bits per heavy atom. The van der Waals surface area contributed by atoms with E-state index in [-0.39, 0.29) is 6.04 Å². The SMILES string of the molecule is COc1ccc(C2=NN(c3nc(-c4ccc(Br)cc4)cs3)C(c3ccco3)C2)cc1. The molecule has 1 aliphatic rings. The van der Waals surface area contributed by atoms with Gasteiger partial charge in [0.05, 0.1) is 24.8 Å². The Labute approximate surface area is 186 Å². The maximum Gasteiger partial charge on any atom is 0.207 e. The molecule has 30 heavy (non-hydrogen) atoms. The third-order valence-electron chi connectivity index (χ3n) is 5.03. The van der Waals surface area contributed by atoms with Gasteiger partial charge in [-0.15, -0.1) is 11.3 Å². The highest BCUT2D eigenvalue weighted by molar-refractivity contribution is 9.10. The molecule has 0 N–H and O–H groups in total. The van der Waals surface area contributed by atoms with Crippen LogP contribution in [0.1, 0.15) is 23.8 Å². The van der Waals surface area contributed by atoms with E-state index in [2.05, 4.69) is 33.4 Å². The molecule has 2 aromatic carbocycles. The molecule has 5 nitrogen and oxygen atoms in total. The molecule has 150 valence electrons. The zero-order chi connectivity index (χ0) is 20.5. The second-order valence-corrected chi connectivity index (χ2v) is 8.63. The Kier molecular flexibility index (Phi) is 5.14. The summed E-state index contributed by atoms with van der Waals surface area (Å²) in [6.45, 7) is 0. The Bertz CT molecular complexity index is 1170. The minimum Gasteiger partial charge on any atom is -0.497 e. The highest BCUT2D eigenvalue weighted by Gasteiger charge is 2.33. The van der Waals surface area contributed by atoms with Crippen molar-refractivity contribution in [2.45, 2.75) is 12.5 Å². The number of halogens is 1. The summed E-state index contributed by atoms with van der Waals surface area (Å²) in [5.74, 6) is 1.71. The minimum atomic E-state index is -0.0268. The molecule has 0 amide bonds. The van der Waals surface area contributed by atoms with Gasteiger partial charge < -0.3 is 9.15 Å². The highest BCUT2D eigenvalue weighted by atomic mass is 79.9. The number of methoxy groups -OCH3 is 1. The van der Waals surface area contributed by atoms with Crippen molar-refractivity contribution in [2.75, 3.05) is 12.1 Å². The normalized spacial score (nSPS) is 16.0. The molecule has 0 radical (unpaired) electrons. The van der Waals surface area contributed by atoms with Crippen molar-refractivity contribution in [1.82, 2.24) is 4.98 Å². The van der Waals surface area contributed by atoms with Gasteiger partial charge in [-0.1, -0.05) is 28.1 Å². The molecule has 4 aromatic rings. The summed E-state index contributed by atoms with van der Waals surface area (Å²) < 4.78 is 12.1. The van der Waals surface area contributed by atoms with E-state index in [4.69, 9.17) is 19.2 Å².